The summed E-state index contributed by atoms with van der Waals surface area (Å²) < 4.78 is 24.3. The minimum absolute atomic E-state index is 0.120. The van der Waals surface area contributed by atoms with Crippen LogP contribution in [0.1, 0.15) is 56.4 Å². The van der Waals surface area contributed by atoms with Gasteiger partial charge >= 0.3 is 0 Å². The van der Waals surface area contributed by atoms with Gasteiger partial charge in [0.05, 0.1) is 12.1 Å². The van der Waals surface area contributed by atoms with Gasteiger partial charge in [0, 0.05) is 19.6 Å². The average Bonchev–Trinajstić information content (AvgIpc) is 3.24. The maximum atomic E-state index is 13.0. The van der Waals surface area contributed by atoms with E-state index in [0.717, 1.165) is 25.3 Å². The number of benzene rings is 1. The largest absolute Gasteiger partial charge is 0.378 e. The van der Waals surface area contributed by atoms with Crippen molar-refractivity contribution >= 4 is 0 Å². The molecule has 2 aromatic rings. The molecule has 0 bridgehead atoms. The van der Waals surface area contributed by atoms with Crippen LogP contribution in [0.2, 0.25) is 0 Å². The highest BCUT2D eigenvalue weighted by molar-refractivity contribution is 5.19. The lowest BCUT2D eigenvalue weighted by Gasteiger charge is -2.45. The second-order valence-electron chi connectivity index (χ2n) is 7.73. The predicted octanol–water partition coefficient (Wildman–Crippen LogP) is 3.75. The van der Waals surface area contributed by atoms with Gasteiger partial charge in [-0.2, -0.15) is 4.98 Å². The Bertz CT molecular complexity index is 740. The normalized spacial score (nSPS) is 27.0. The molecule has 26 heavy (non-hydrogen) atoms. The monoisotopic (exact) mass is 359 g/mol. The smallest absolute Gasteiger partial charge is 0.243 e. The molecule has 2 aliphatic rings. The van der Waals surface area contributed by atoms with Gasteiger partial charge < -0.3 is 9.26 Å². The molecule has 1 atom stereocenters. The molecule has 4 rings (SSSR count). The van der Waals surface area contributed by atoms with Crippen molar-refractivity contribution in [2.45, 2.75) is 51.7 Å². The first-order chi connectivity index (χ1) is 12.6. The zero-order valence-electron chi connectivity index (χ0n) is 15.4. The summed E-state index contributed by atoms with van der Waals surface area (Å²) in [5, 5.41) is 4.11. The Kier molecular flexibility index (Phi) is 4.80. The summed E-state index contributed by atoms with van der Waals surface area (Å²) in [5.41, 5.74) is 1.40. The summed E-state index contributed by atoms with van der Waals surface area (Å²) in [5.74, 6) is 1.08. The first-order valence-corrected chi connectivity index (χ1v) is 9.49. The zero-order chi connectivity index (χ0) is 18.1. The molecule has 1 aromatic carbocycles. The van der Waals surface area contributed by atoms with E-state index in [4.69, 9.17) is 9.26 Å². The van der Waals surface area contributed by atoms with E-state index < -0.39 is 0 Å². The molecular formula is C20H26FN3O2. The summed E-state index contributed by atoms with van der Waals surface area (Å²) in [7, 11) is 0. The van der Waals surface area contributed by atoms with Gasteiger partial charge in [-0.05, 0) is 62.8 Å². The van der Waals surface area contributed by atoms with Gasteiger partial charge in [-0.3, -0.25) is 4.90 Å². The van der Waals surface area contributed by atoms with Crippen molar-refractivity contribution in [1.29, 1.82) is 0 Å². The molecule has 1 aliphatic carbocycles. The highest BCUT2D eigenvalue weighted by Crippen LogP contribution is 2.50. The van der Waals surface area contributed by atoms with Crippen molar-refractivity contribution in [2.75, 3.05) is 19.7 Å². The Morgan fingerprint density at radius 3 is 2.85 bits per heavy atom. The summed E-state index contributed by atoms with van der Waals surface area (Å²) >= 11 is 0. The van der Waals surface area contributed by atoms with Crippen LogP contribution in [0.15, 0.2) is 28.8 Å². The number of hydrogen-bond donors (Lipinski definition) is 0. The van der Waals surface area contributed by atoms with Gasteiger partial charge in [0.1, 0.15) is 5.82 Å². The lowest BCUT2D eigenvalue weighted by atomic mass is 9.66. The highest BCUT2D eigenvalue weighted by Gasteiger charge is 2.49. The molecule has 0 N–H and O–H groups in total. The SMILES string of the molecule is CCOC1CC2(CCN(C(C)c3nc(Cc4ccc(F)cc4)no3)C2)C1. The maximum Gasteiger partial charge on any atom is 0.243 e. The lowest BCUT2D eigenvalue weighted by molar-refractivity contribution is -0.0730. The second-order valence-corrected chi connectivity index (χ2v) is 7.73. The fraction of sp³-hybridized carbons (Fsp3) is 0.600. The third kappa shape index (κ3) is 3.53. The standard InChI is InChI=1S/C20H26FN3O2/c1-3-25-17-11-20(12-17)8-9-24(13-20)14(2)19-22-18(23-26-19)10-15-4-6-16(21)7-5-15/h4-7,14,17H,3,8-13H2,1-2H3. The van der Waals surface area contributed by atoms with Crippen molar-refractivity contribution in [3.05, 3.63) is 47.4 Å². The lowest BCUT2D eigenvalue weighted by Crippen LogP contribution is -2.44. The van der Waals surface area contributed by atoms with Crippen LogP contribution in [0.4, 0.5) is 4.39 Å². The molecule has 1 saturated carbocycles. The molecule has 2 heterocycles. The maximum absolute atomic E-state index is 13.0. The first kappa shape index (κ1) is 17.6. The van der Waals surface area contributed by atoms with Crippen LogP contribution in [0, 0.1) is 11.2 Å². The number of nitrogens with zero attached hydrogens (tertiary/aromatic N) is 3. The molecule has 0 radical (unpaired) electrons. The van der Waals surface area contributed by atoms with E-state index >= 15 is 0 Å². The Balaban J connectivity index is 1.35. The van der Waals surface area contributed by atoms with E-state index in [1.54, 1.807) is 12.1 Å². The van der Waals surface area contributed by atoms with Crippen LogP contribution < -0.4 is 0 Å². The van der Waals surface area contributed by atoms with Gasteiger partial charge in [-0.1, -0.05) is 17.3 Å². The molecule has 1 saturated heterocycles. The first-order valence-electron chi connectivity index (χ1n) is 9.49. The molecule has 6 heteroatoms. The Hall–Kier alpha value is -1.79. The molecule has 140 valence electrons. The van der Waals surface area contributed by atoms with Crippen LogP contribution >= 0.6 is 0 Å². The molecular weight excluding hydrogens is 333 g/mol. The number of likely N-dealkylation sites (tertiary alicyclic amines) is 1. The van der Waals surface area contributed by atoms with E-state index in [9.17, 15) is 4.39 Å². The van der Waals surface area contributed by atoms with Crippen molar-refractivity contribution in [3.63, 3.8) is 0 Å². The predicted molar refractivity (Wildman–Crippen MR) is 95.2 cm³/mol. The van der Waals surface area contributed by atoms with Crippen LogP contribution in [0.25, 0.3) is 0 Å². The molecule has 1 unspecified atom stereocenters. The van der Waals surface area contributed by atoms with Crippen molar-refractivity contribution in [3.8, 4) is 0 Å². The van der Waals surface area contributed by atoms with Crippen molar-refractivity contribution in [1.82, 2.24) is 15.0 Å². The van der Waals surface area contributed by atoms with Crippen LogP contribution in [-0.2, 0) is 11.2 Å². The summed E-state index contributed by atoms with van der Waals surface area (Å²) in [6, 6.07) is 6.54. The van der Waals surface area contributed by atoms with Gasteiger partial charge in [-0.25, -0.2) is 4.39 Å². The van der Waals surface area contributed by atoms with E-state index in [-0.39, 0.29) is 11.9 Å². The third-order valence-electron chi connectivity index (χ3n) is 5.86. The quantitative estimate of drug-likeness (QED) is 0.786. The topological polar surface area (TPSA) is 51.4 Å². The molecule has 5 nitrogen and oxygen atoms in total. The number of halogens is 1. The average molecular weight is 359 g/mol. The minimum atomic E-state index is -0.235. The van der Waals surface area contributed by atoms with E-state index in [1.165, 1.54) is 31.4 Å². The number of ether oxygens (including phenoxy) is 1. The molecule has 1 aromatic heterocycles. The van der Waals surface area contributed by atoms with Gasteiger partial charge in [0.15, 0.2) is 5.82 Å². The number of hydrogen-bond acceptors (Lipinski definition) is 5. The van der Waals surface area contributed by atoms with Gasteiger partial charge in [0.2, 0.25) is 5.89 Å². The zero-order valence-corrected chi connectivity index (χ0v) is 15.4. The number of aromatic nitrogens is 2. The van der Waals surface area contributed by atoms with Crippen LogP contribution in [-0.4, -0.2) is 40.8 Å². The highest BCUT2D eigenvalue weighted by atomic mass is 19.1. The summed E-state index contributed by atoms with van der Waals surface area (Å²) in [6.07, 6.45) is 4.56. The Labute approximate surface area is 153 Å². The van der Waals surface area contributed by atoms with E-state index in [0.29, 0.717) is 29.7 Å². The van der Waals surface area contributed by atoms with Crippen molar-refractivity contribution in [2.24, 2.45) is 5.41 Å². The number of rotatable bonds is 6. The summed E-state index contributed by atoms with van der Waals surface area (Å²) in [6.45, 7) is 7.14. The minimum Gasteiger partial charge on any atom is -0.378 e. The van der Waals surface area contributed by atoms with Crippen LogP contribution in [0.5, 0.6) is 0 Å². The molecule has 0 amide bonds. The van der Waals surface area contributed by atoms with Crippen LogP contribution in [0.3, 0.4) is 0 Å². The van der Waals surface area contributed by atoms with Gasteiger partial charge in [-0.15, -0.1) is 0 Å². The fourth-order valence-electron chi connectivity index (χ4n) is 4.34. The van der Waals surface area contributed by atoms with Crippen molar-refractivity contribution < 1.29 is 13.7 Å². The Morgan fingerprint density at radius 2 is 2.12 bits per heavy atom. The molecule has 2 fully saturated rings. The summed E-state index contributed by atoms with van der Waals surface area (Å²) in [4.78, 5) is 7.01. The third-order valence-corrected chi connectivity index (χ3v) is 5.86. The Morgan fingerprint density at radius 1 is 1.35 bits per heavy atom. The molecule has 1 spiro atoms. The fourth-order valence-corrected chi connectivity index (χ4v) is 4.34. The molecule has 1 aliphatic heterocycles. The van der Waals surface area contributed by atoms with E-state index in [2.05, 4.69) is 28.9 Å². The van der Waals surface area contributed by atoms with Gasteiger partial charge in [0.25, 0.3) is 0 Å². The second kappa shape index (κ2) is 7.08. The van der Waals surface area contributed by atoms with E-state index in [1.807, 2.05) is 0 Å².